The summed E-state index contributed by atoms with van der Waals surface area (Å²) in [7, 11) is 0. The second-order valence-electron chi connectivity index (χ2n) is 3.24. The van der Waals surface area contributed by atoms with Gasteiger partial charge in [-0.15, -0.1) is 0 Å². The topological polar surface area (TPSA) is 32.3 Å². The van der Waals surface area contributed by atoms with Crippen molar-refractivity contribution in [3.63, 3.8) is 0 Å². The minimum absolute atomic E-state index is 0.00588. The summed E-state index contributed by atoms with van der Waals surface area (Å²) in [6.45, 7) is 3.09. The van der Waals surface area contributed by atoms with Gasteiger partial charge in [-0.25, -0.2) is 0 Å². The fourth-order valence-electron chi connectivity index (χ4n) is 1.33. The molecule has 0 heterocycles. The van der Waals surface area contributed by atoms with Crippen LogP contribution < -0.4 is 5.32 Å². The third-order valence-corrected chi connectivity index (χ3v) is 2.31. The highest BCUT2D eigenvalue weighted by molar-refractivity contribution is 6.30. The summed E-state index contributed by atoms with van der Waals surface area (Å²) < 4.78 is 0. The quantitative estimate of drug-likeness (QED) is 0.787. The molecule has 0 aliphatic heterocycles. The highest BCUT2D eigenvalue weighted by Gasteiger charge is 2.08. The van der Waals surface area contributed by atoms with Gasteiger partial charge in [-0.2, -0.15) is 0 Å². The number of nitrogens with one attached hydrogen (secondary N) is 1. The van der Waals surface area contributed by atoms with E-state index >= 15 is 0 Å². The number of rotatable bonds is 5. The Hall–Kier alpha value is -0.570. The van der Waals surface area contributed by atoms with Crippen LogP contribution in [0.3, 0.4) is 0 Å². The zero-order valence-electron chi connectivity index (χ0n) is 8.33. The van der Waals surface area contributed by atoms with Gasteiger partial charge in [0.2, 0.25) is 0 Å². The van der Waals surface area contributed by atoms with Crippen LogP contribution in [0.5, 0.6) is 0 Å². The number of benzene rings is 1. The van der Waals surface area contributed by atoms with Gasteiger partial charge in [-0.1, -0.05) is 30.7 Å². The number of halogens is 1. The molecule has 14 heavy (non-hydrogen) atoms. The Morgan fingerprint density at radius 3 is 2.86 bits per heavy atom. The van der Waals surface area contributed by atoms with Crippen molar-refractivity contribution in [3.8, 4) is 0 Å². The highest BCUT2D eigenvalue weighted by atomic mass is 35.5. The molecule has 0 radical (unpaired) electrons. The van der Waals surface area contributed by atoms with Crippen LogP contribution in [0, 0.1) is 0 Å². The zero-order chi connectivity index (χ0) is 10.4. The molecule has 0 aliphatic rings. The molecule has 1 atom stereocenters. The molecular weight excluding hydrogens is 198 g/mol. The average molecular weight is 214 g/mol. The molecule has 1 unspecified atom stereocenters. The molecule has 0 bridgehead atoms. The molecule has 0 saturated heterocycles. The van der Waals surface area contributed by atoms with Gasteiger partial charge >= 0.3 is 0 Å². The minimum Gasteiger partial charge on any atom is -0.394 e. The number of aliphatic hydroxyl groups excluding tert-OH is 1. The Labute approximate surface area is 89.9 Å². The Balaban J connectivity index is 2.68. The molecule has 0 aromatic heterocycles. The van der Waals surface area contributed by atoms with Crippen molar-refractivity contribution in [3.05, 3.63) is 34.9 Å². The van der Waals surface area contributed by atoms with E-state index in [9.17, 15) is 5.11 Å². The van der Waals surface area contributed by atoms with Crippen molar-refractivity contribution < 1.29 is 5.11 Å². The predicted molar refractivity (Wildman–Crippen MR) is 59.6 cm³/mol. The summed E-state index contributed by atoms with van der Waals surface area (Å²) in [6.07, 6.45) is 1.05. The maximum atomic E-state index is 9.19. The Kier molecular flexibility index (Phi) is 4.94. The van der Waals surface area contributed by atoms with Crippen LogP contribution in [-0.4, -0.2) is 18.3 Å². The molecule has 0 saturated carbocycles. The fraction of sp³-hybridized carbons (Fsp3) is 0.455. The van der Waals surface area contributed by atoms with Gasteiger partial charge in [0, 0.05) is 5.02 Å². The van der Waals surface area contributed by atoms with Crippen molar-refractivity contribution in [2.24, 2.45) is 0 Å². The lowest BCUT2D eigenvalue weighted by Gasteiger charge is -2.16. The van der Waals surface area contributed by atoms with Crippen molar-refractivity contribution in [2.45, 2.75) is 19.4 Å². The SMILES string of the molecule is CCCNC(CO)c1cccc(Cl)c1. The van der Waals surface area contributed by atoms with Crippen molar-refractivity contribution in [1.29, 1.82) is 0 Å². The maximum absolute atomic E-state index is 9.19. The summed E-state index contributed by atoms with van der Waals surface area (Å²) >= 11 is 5.87. The van der Waals surface area contributed by atoms with Crippen molar-refractivity contribution in [1.82, 2.24) is 5.32 Å². The van der Waals surface area contributed by atoms with E-state index in [1.807, 2.05) is 24.3 Å². The number of aliphatic hydroxyl groups is 1. The van der Waals surface area contributed by atoms with E-state index in [0.717, 1.165) is 18.5 Å². The summed E-state index contributed by atoms with van der Waals surface area (Å²) in [5.74, 6) is 0. The van der Waals surface area contributed by atoms with Gasteiger partial charge in [0.15, 0.2) is 0 Å². The molecule has 0 aliphatic carbocycles. The van der Waals surface area contributed by atoms with Crippen LogP contribution in [0.1, 0.15) is 24.9 Å². The molecule has 2 N–H and O–H groups in total. The molecule has 0 fully saturated rings. The van der Waals surface area contributed by atoms with Crippen molar-refractivity contribution in [2.75, 3.05) is 13.2 Å². The number of hydrogen-bond donors (Lipinski definition) is 2. The fourth-order valence-corrected chi connectivity index (χ4v) is 1.53. The lowest BCUT2D eigenvalue weighted by Crippen LogP contribution is -2.24. The Morgan fingerprint density at radius 1 is 1.50 bits per heavy atom. The Morgan fingerprint density at radius 2 is 2.29 bits per heavy atom. The lowest BCUT2D eigenvalue weighted by atomic mass is 10.1. The van der Waals surface area contributed by atoms with Gasteiger partial charge in [-0.3, -0.25) is 0 Å². The van der Waals surface area contributed by atoms with Gasteiger partial charge in [0.1, 0.15) is 0 Å². The van der Waals surface area contributed by atoms with Gasteiger partial charge < -0.3 is 10.4 Å². The molecule has 1 rings (SSSR count). The smallest absolute Gasteiger partial charge is 0.0626 e. The maximum Gasteiger partial charge on any atom is 0.0626 e. The third-order valence-electron chi connectivity index (χ3n) is 2.07. The summed E-state index contributed by atoms with van der Waals surface area (Å²) in [5, 5.41) is 13.2. The van der Waals surface area contributed by atoms with Crippen LogP contribution in [0.2, 0.25) is 5.02 Å². The highest BCUT2D eigenvalue weighted by Crippen LogP contribution is 2.17. The first-order valence-electron chi connectivity index (χ1n) is 4.87. The molecule has 0 spiro atoms. The molecule has 78 valence electrons. The van der Waals surface area contributed by atoms with E-state index < -0.39 is 0 Å². The largest absolute Gasteiger partial charge is 0.394 e. The van der Waals surface area contributed by atoms with E-state index in [4.69, 9.17) is 11.6 Å². The molecule has 0 amide bonds. The average Bonchev–Trinajstić information content (AvgIpc) is 2.19. The van der Waals surface area contributed by atoms with Crippen LogP contribution in [0.4, 0.5) is 0 Å². The van der Waals surface area contributed by atoms with Crippen LogP contribution in [-0.2, 0) is 0 Å². The summed E-state index contributed by atoms with van der Waals surface area (Å²) in [6, 6.07) is 7.57. The second-order valence-corrected chi connectivity index (χ2v) is 3.68. The first-order valence-corrected chi connectivity index (χ1v) is 5.25. The van der Waals surface area contributed by atoms with E-state index in [0.29, 0.717) is 5.02 Å². The monoisotopic (exact) mass is 213 g/mol. The molecule has 1 aromatic carbocycles. The lowest BCUT2D eigenvalue weighted by molar-refractivity contribution is 0.245. The first-order chi connectivity index (χ1) is 6.77. The molecular formula is C11H16ClNO. The van der Waals surface area contributed by atoms with E-state index in [1.165, 1.54) is 0 Å². The second kappa shape index (κ2) is 6.02. The molecule has 1 aromatic rings. The minimum atomic E-state index is -0.00588. The molecule has 3 heteroatoms. The van der Waals surface area contributed by atoms with E-state index in [1.54, 1.807) is 0 Å². The first kappa shape index (κ1) is 11.5. The third kappa shape index (κ3) is 3.29. The van der Waals surface area contributed by atoms with Gasteiger partial charge in [-0.05, 0) is 30.7 Å². The van der Waals surface area contributed by atoms with E-state index in [2.05, 4.69) is 12.2 Å². The predicted octanol–water partition coefficient (Wildman–Crippen LogP) is 2.37. The zero-order valence-corrected chi connectivity index (χ0v) is 9.09. The number of hydrogen-bond acceptors (Lipinski definition) is 2. The van der Waals surface area contributed by atoms with Crippen LogP contribution >= 0.6 is 11.6 Å². The van der Waals surface area contributed by atoms with Crippen molar-refractivity contribution >= 4 is 11.6 Å². The normalized spacial score (nSPS) is 12.8. The summed E-state index contributed by atoms with van der Waals surface area (Å²) in [4.78, 5) is 0. The standard InChI is InChI=1S/C11H16ClNO/c1-2-6-13-11(8-14)9-4-3-5-10(12)7-9/h3-5,7,11,13-14H,2,6,8H2,1H3. The van der Waals surface area contributed by atoms with Gasteiger partial charge in [0.05, 0.1) is 12.6 Å². The molecule has 2 nitrogen and oxygen atoms in total. The summed E-state index contributed by atoms with van der Waals surface area (Å²) in [5.41, 5.74) is 1.04. The van der Waals surface area contributed by atoms with Gasteiger partial charge in [0.25, 0.3) is 0 Å². The van der Waals surface area contributed by atoms with E-state index in [-0.39, 0.29) is 12.6 Å². The van der Waals surface area contributed by atoms with Crippen LogP contribution in [0.25, 0.3) is 0 Å². The Bertz CT molecular complexity index is 278. The van der Waals surface area contributed by atoms with Crippen LogP contribution in [0.15, 0.2) is 24.3 Å².